The number of hydrogen-bond donors (Lipinski definition) is 3. The molecule has 28 heavy (non-hydrogen) atoms. The van der Waals surface area contributed by atoms with Crippen molar-refractivity contribution in [2.75, 3.05) is 37.4 Å². The summed E-state index contributed by atoms with van der Waals surface area (Å²) in [6.07, 6.45) is 2.26. The van der Waals surface area contributed by atoms with E-state index in [1.165, 1.54) is 12.0 Å². The van der Waals surface area contributed by atoms with Crippen LogP contribution in [-0.2, 0) is 19.1 Å². The van der Waals surface area contributed by atoms with Crippen LogP contribution in [0.2, 0.25) is 0 Å². The molecule has 0 spiro atoms. The van der Waals surface area contributed by atoms with Crippen molar-refractivity contribution >= 4 is 29.2 Å². The molecule has 1 aliphatic heterocycles. The van der Waals surface area contributed by atoms with Gasteiger partial charge in [0.05, 0.1) is 25.8 Å². The first kappa shape index (κ1) is 21.4. The highest BCUT2D eigenvalue weighted by molar-refractivity contribution is 6.08. The van der Waals surface area contributed by atoms with Crippen LogP contribution in [0.5, 0.6) is 0 Å². The molecule has 0 unspecified atom stereocenters. The van der Waals surface area contributed by atoms with Crippen LogP contribution in [-0.4, -0.2) is 54.6 Å². The number of unbranched alkanes of at least 4 members (excludes halogenated alkanes) is 1. The molecule has 0 radical (unpaired) electrons. The Morgan fingerprint density at radius 2 is 2.07 bits per heavy atom. The van der Waals surface area contributed by atoms with Gasteiger partial charge in [-0.1, -0.05) is 13.3 Å². The standard InChI is InChI=1S/C20H27N3O5/c1-4-5-6-17(25)22-16-8-7-14(11-13(16)2)21-18-15(20(27)28-3)12-23(9-10-24)19(18)26/h7-8,11,21,24H,4-6,9-10,12H2,1-3H3,(H,22,25). The fraction of sp³-hybridized carbons (Fsp3) is 0.450. The molecule has 1 heterocycles. The number of rotatable bonds is 9. The number of aryl methyl sites for hydroxylation is 1. The van der Waals surface area contributed by atoms with Crippen molar-refractivity contribution in [1.29, 1.82) is 0 Å². The summed E-state index contributed by atoms with van der Waals surface area (Å²) in [5, 5.41) is 15.0. The second-order valence-corrected chi connectivity index (χ2v) is 6.60. The van der Waals surface area contributed by atoms with Gasteiger partial charge in [0.15, 0.2) is 0 Å². The molecule has 0 fully saturated rings. The van der Waals surface area contributed by atoms with Crippen LogP contribution >= 0.6 is 0 Å². The van der Waals surface area contributed by atoms with Gasteiger partial charge in [-0.05, 0) is 37.1 Å². The molecule has 0 bridgehead atoms. The quantitative estimate of drug-likeness (QED) is 0.556. The van der Waals surface area contributed by atoms with Gasteiger partial charge in [-0.15, -0.1) is 0 Å². The van der Waals surface area contributed by atoms with Gasteiger partial charge >= 0.3 is 5.97 Å². The topological polar surface area (TPSA) is 108 Å². The molecule has 1 aromatic rings. The van der Waals surface area contributed by atoms with Crippen LogP contribution in [0.3, 0.4) is 0 Å². The Bertz CT molecular complexity index is 788. The van der Waals surface area contributed by atoms with Gasteiger partial charge in [0.25, 0.3) is 5.91 Å². The lowest BCUT2D eigenvalue weighted by Gasteiger charge is -2.15. The Hall–Kier alpha value is -2.87. The second kappa shape index (κ2) is 9.89. The number of ether oxygens (including phenoxy) is 1. The first-order valence-corrected chi connectivity index (χ1v) is 9.30. The van der Waals surface area contributed by atoms with Crippen molar-refractivity contribution in [2.24, 2.45) is 0 Å². The molecular formula is C20H27N3O5. The molecule has 1 aliphatic rings. The van der Waals surface area contributed by atoms with E-state index in [1.807, 2.05) is 13.8 Å². The summed E-state index contributed by atoms with van der Waals surface area (Å²) in [7, 11) is 1.26. The summed E-state index contributed by atoms with van der Waals surface area (Å²) >= 11 is 0. The molecule has 0 aliphatic carbocycles. The number of anilines is 2. The van der Waals surface area contributed by atoms with Crippen LogP contribution in [0.4, 0.5) is 11.4 Å². The highest BCUT2D eigenvalue weighted by atomic mass is 16.5. The van der Waals surface area contributed by atoms with E-state index in [9.17, 15) is 14.4 Å². The maximum atomic E-state index is 12.6. The number of esters is 1. The summed E-state index contributed by atoms with van der Waals surface area (Å²) in [5.74, 6) is -0.996. The fourth-order valence-corrected chi connectivity index (χ4v) is 2.93. The number of aliphatic hydroxyl groups is 1. The number of methoxy groups -OCH3 is 1. The number of amides is 2. The van der Waals surface area contributed by atoms with Crippen molar-refractivity contribution < 1.29 is 24.2 Å². The minimum atomic E-state index is -0.590. The summed E-state index contributed by atoms with van der Waals surface area (Å²) in [6, 6.07) is 5.27. The number of nitrogens with one attached hydrogen (secondary N) is 2. The zero-order chi connectivity index (χ0) is 20.7. The van der Waals surface area contributed by atoms with Crippen molar-refractivity contribution in [3.8, 4) is 0 Å². The van der Waals surface area contributed by atoms with Crippen LogP contribution in [0.1, 0.15) is 31.7 Å². The Kier molecular flexibility index (Phi) is 7.57. The number of nitrogens with zero attached hydrogens (tertiary/aromatic N) is 1. The van der Waals surface area contributed by atoms with Crippen LogP contribution < -0.4 is 10.6 Å². The molecule has 0 aromatic heterocycles. The van der Waals surface area contributed by atoms with Gasteiger partial charge < -0.3 is 25.4 Å². The number of carbonyl (C=O) groups excluding carboxylic acids is 3. The summed E-state index contributed by atoms with van der Waals surface area (Å²) in [6.45, 7) is 3.90. The van der Waals surface area contributed by atoms with Crippen LogP contribution in [0.15, 0.2) is 29.5 Å². The van der Waals surface area contributed by atoms with Crippen molar-refractivity contribution in [3.05, 3.63) is 35.0 Å². The van der Waals surface area contributed by atoms with Gasteiger partial charge in [0, 0.05) is 24.3 Å². The third-order valence-corrected chi connectivity index (χ3v) is 4.48. The van der Waals surface area contributed by atoms with Gasteiger partial charge in [-0.25, -0.2) is 4.79 Å². The van der Waals surface area contributed by atoms with Crippen molar-refractivity contribution in [1.82, 2.24) is 4.90 Å². The number of carbonyl (C=O) groups is 3. The Morgan fingerprint density at radius 3 is 2.68 bits per heavy atom. The molecule has 3 N–H and O–H groups in total. The maximum Gasteiger partial charge on any atom is 0.337 e. The zero-order valence-corrected chi connectivity index (χ0v) is 16.5. The van der Waals surface area contributed by atoms with E-state index in [-0.39, 0.29) is 42.8 Å². The molecule has 8 heteroatoms. The SMILES string of the molecule is CCCCC(=O)Nc1ccc(NC2=C(C(=O)OC)CN(CCO)C2=O)cc1C. The van der Waals surface area contributed by atoms with Crippen LogP contribution in [0.25, 0.3) is 0 Å². The molecule has 152 valence electrons. The van der Waals surface area contributed by atoms with E-state index in [0.29, 0.717) is 17.8 Å². The van der Waals surface area contributed by atoms with E-state index < -0.39 is 5.97 Å². The Labute approximate surface area is 164 Å². The third kappa shape index (κ3) is 5.10. The predicted molar refractivity (Wildman–Crippen MR) is 106 cm³/mol. The highest BCUT2D eigenvalue weighted by Gasteiger charge is 2.34. The summed E-state index contributed by atoms with van der Waals surface area (Å²) in [5.41, 5.74) is 2.50. The molecule has 0 atom stereocenters. The minimum Gasteiger partial charge on any atom is -0.466 e. The van der Waals surface area contributed by atoms with Gasteiger partial charge in [-0.2, -0.15) is 0 Å². The Balaban J connectivity index is 2.18. The number of benzene rings is 1. The van der Waals surface area contributed by atoms with Gasteiger partial charge in [0.1, 0.15) is 5.70 Å². The zero-order valence-electron chi connectivity index (χ0n) is 16.5. The maximum absolute atomic E-state index is 12.6. The Morgan fingerprint density at radius 1 is 1.32 bits per heavy atom. The van der Waals surface area contributed by atoms with E-state index in [1.54, 1.807) is 18.2 Å². The fourth-order valence-electron chi connectivity index (χ4n) is 2.93. The molecular weight excluding hydrogens is 362 g/mol. The summed E-state index contributed by atoms with van der Waals surface area (Å²) in [4.78, 5) is 37.9. The average molecular weight is 389 g/mol. The van der Waals surface area contributed by atoms with Crippen molar-refractivity contribution in [3.63, 3.8) is 0 Å². The number of aliphatic hydroxyl groups excluding tert-OH is 1. The van der Waals surface area contributed by atoms with Crippen LogP contribution in [0, 0.1) is 6.92 Å². The first-order chi connectivity index (χ1) is 13.4. The number of hydrogen-bond acceptors (Lipinski definition) is 6. The van der Waals surface area contributed by atoms with E-state index in [2.05, 4.69) is 10.6 Å². The number of β-amino-alcohol motifs (C(OH)–C–C–N with tert-alkyl or cyclic N) is 1. The highest BCUT2D eigenvalue weighted by Crippen LogP contribution is 2.25. The minimum absolute atomic E-state index is 0.0352. The molecule has 8 nitrogen and oxygen atoms in total. The lowest BCUT2D eigenvalue weighted by Crippen LogP contribution is -2.31. The molecule has 2 rings (SSSR count). The van der Waals surface area contributed by atoms with E-state index >= 15 is 0 Å². The van der Waals surface area contributed by atoms with Gasteiger partial charge in [-0.3, -0.25) is 9.59 Å². The van der Waals surface area contributed by atoms with E-state index in [0.717, 1.165) is 18.4 Å². The van der Waals surface area contributed by atoms with Crippen molar-refractivity contribution in [2.45, 2.75) is 33.1 Å². The molecule has 0 saturated carbocycles. The largest absolute Gasteiger partial charge is 0.466 e. The molecule has 0 saturated heterocycles. The monoisotopic (exact) mass is 389 g/mol. The summed E-state index contributed by atoms with van der Waals surface area (Å²) < 4.78 is 4.77. The molecule has 1 aromatic carbocycles. The predicted octanol–water partition coefficient (Wildman–Crippen LogP) is 1.80. The lowest BCUT2D eigenvalue weighted by molar-refractivity contribution is -0.136. The lowest BCUT2D eigenvalue weighted by atomic mass is 10.1. The molecule has 2 amide bonds. The smallest absolute Gasteiger partial charge is 0.337 e. The average Bonchev–Trinajstić information content (AvgIpc) is 2.98. The normalized spacial score (nSPS) is 13.7. The van der Waals surface area contributed by atoms with Gasteiger partial charge in [0.2, 0.25) is 5.91 Å². The first-order valence-electron chi connectivity index (χ1n) is 9.30. The second-order valence-electron chi connectivity index (χ2n) is 6.60. The third-order valence-electron chi connectivity index (χ3n) is 4.48. The van der Waals surface area contributed by atoms with E-state index in [4.69, 9.17) is 9.84 Å².